The summed E-state index contributed by atoms with van der Waals surface area (Å²) >= 11 is 0. The Labute approximate surface area is 207 Å². The molecule has 2 aliphatic rings. The van der Waals surface area contributed by atoms with Crippen LogP contribution in [0.25, 0.3) is 11.1 Å². The summed E-state index contributed by atoms with van der Waals surface area (Å²) in [5.41, 5.74) is 4.62. The summed E-state index contributed by atoms with van der Waals surface area (Å²) in [5, 5.41) is 13.3. The van der Waals surface area contributed by atoms with E-state index in [-0.39, 0.29) is 12.7 Å². The van der Waals surface area contributed by atoms with Gasteiger partial charge in [-0.05, 0) is 80.0 Å². The highest BCUT2D eigenvalue weighted by atomic mass is 16.5. The van der Waals surface area contributed by atoms with E-state index in [0.717, 1.165) is 57.8 Å². The van der Waals surface area contributed by atoms with Crippen LogP contribution in [0.15, 0.2) is 24.3 Å². The van der Waals surface area contributed by atoms with Gasteiger partial charge in [0.15, 0.2) is 5.54 Å². The monoisotopic (exact) mass is 483 g/mol. The van der Waals surface area contributed by atoms with Crippen molar-refractivity contribution in [1.82, 2.24) is 0 Å². The van der Waals surface area contributed by atoms with E-state index in [4.69, 9.17) is 18.9 Å². The molecule has 190 valence electrons. The molecule has 2 N–H and O–H groups in total. The Kier molecular flexibility index (Phi) is 7.87. The van der Waals surface area contributed by atoms with Crippen molar-refractivity contribution in [2.75, 3.05) is 32.8 Å². The predicted molar refractivity (Wildman–Crippen MR) is 136 cm³/mol. The van der Waals surface area contributed by atoms with E-state index in [1.807, 2.05) is 38.1 Å². The fraction of sp³-hybridized carbons (Fsp3) is 0.536. The highest BCUT2D eigenvalue weighted by molar-refractivity contribution is 5.84. The minimum atomic E-state index is -1.13. The lowest BCUT2D eigenvalue weighted by Gasteiger charge is -2.35. The number of carboxylic acids is 1. The molecule has 1 aliphatic heterocycles. The van der Waals surface area contributed by atoms with E-state index < -0.39 is 11.5 Å². The van der Waals surface area contributed by atoms with Gasteiger partial charge in [0.25, 0.3) is 0 Å². The van der Waals surface area contributed by atoms with Gasteiger partial charge in [-0.15, -0.1) is 0 Å². The first-order chi connectivity index (χ1) is 16.9. The maximum Gasteiger partial charge on any atom is 0.331 e. The molecule has 2 fully saturated rings. The number of ether oxygens (including phenoxy) is 4. The highest BCUT2D eigenvalue weighted by Gasteiger charge is 2.40. The number of nitrogens with one attached hydrogen (secondary N) is 1. The van der Waals surface area contributed by atoms with Crippen molar-refractivity contribution >= 4 is 11.7 Å². The number of methoxy groups -OCH3 is 2. The van der Waals surface area contributed by atoms with Crippen molar-refractivity contribution in [3.8, 4) is 22.6 Å². The Hall–Kier alpha value is -2.77. The van der Waals surface area contributed by atoms with Gasteiger partial charge < -0.3 is 29.4 Å². The average molecular weight is 484 g/mol. The van der Waals surface area contributed by atoms with E-state index in [1.165, 1.54) is 12.8 Å². The largest absolute Gasteiger partial charge is 0.496 e. The van der Waals surface area contributed by atoms with Crippen LogP contribution in [0.3, 0.4) is 0 Å². The Morgan fingerprint density at radius 3 is 2.49 bits per heavy atom. The number of hydrogen-bond donors (Lipinski definition) is 2. The SMILES string of the molecule is COc1cc(-c2ccc(N[C@]3(C(=O)O)CCCOC3)cc2COC2CCCC2)c(C)c(OC)c1C. The lowest BCUT2D eigenvalue weighted by atomic mass is 9.90. The van der Waals surface area contributed by atoms with Gasteiger partial charge >= 0.3 is 5.97 Å². The van der Waals surface area contributed by atoms with Crippen LogP contribution < -0.4 is 14.8 Å². The summed E-state index contributed by atoms with van der Waals surface area (Å²) in [6.07, 6.45) is 6.05. The second kappa shape index (κ2) is 10.9. The Morgan fingerprint density at radius 2 is 1.86 bits per heavy atom. The van der Waals surface area contributed by atoms with Gasteiger partial charge in [0.1, 0.15) is 11.5 Å². The standard InChI is InChI=1S/C28H37NO6/c1-18-24(15-25(32-3)19(2)26(18)33-4)23-11-10-21(14-20(23)16-35-22-8-5-6-9-22)29-28(27(30)31)12-7-13-34-17-28/h10-11,14-15,22,29H,5-9,12-13,16-17H2,1-4H3,(H,30,31)/t28-/m1/s1. The van der Waals surface area contributed by atoms with Gasteiger partial charge in [0, 0.05) is 17.9 Å². The first kappa shape index (κ1) is 25.3. The van der Waals surface area contributed by atoms with Gasteiger partial charge in [-0.25, -0.2) is 4.79 Å². The molecule has 1 saturated heterocycles. The first-order valence-electron chi connectivity index (χ1n) is 12.4. The van der Waals surface area contributed by atoms with Gasteiger partial charge in [0.05, 0.1) is 33.5 Å². The van der Waals surface area contributed by atoms with Gasteiger partial charge in [-0.3, -0.25) is 0 Å². The molecule has 4 rings (SSSR count). The molecule has 7 heteroatoms. The van der Waals surface area contributed by atoms with Crippen molar-refractivity contribution in [1.29, 1.82) is 0 Å². The molecular weight excluding hydrogens is 446 g/mol. The van der Waals surface area contributed by atoms with E-state index >= 15 is 0 Å². The van der Waals surface area contributed by atoms with Gasteiger partial charge in [-0.2, -0.15) is 0 Å². The predicted octanol–water partition coefficient (Wildman–Crippen LogP) is 5.49. The van der Waals surface area contributed by atoms with Crippen LogP contribution in [-0.4, -0.2) is 50.2 Å². The Morgan fingerprint density at radius 1 is 1.09 bits per heavy atom. The highest BCUT2D eigenvalue weighted by Crippen LogP contribution is 2.41. The van der Waals surface area contributed by atoms with Crippen LogP contribution in [0, 0.1) is 13.8 Å². The minimum Gasteiger partial charge on any atom is -0.496 e. The van der Waals surface area contributed by atoms with Crippen LogP contribution in [0.5, 0.6) is 11.5 Å². The maximum absolute atomic E-state index is 12.2. The van der Waals surface area contributed by atoms with Crippen molar-refractivity contribution in [3.63, 3.8) is 0 Å². The van der Waals surface area contributed by atoms with Crippen LogP contribution in [0.2, 0.25) is 0 Å². The van der Waals surface area contributed by atoms with E-state index in [9.17, 15) is 9.90 Å². The molecule has 1 atom stereocenters. The molecule has 0 unspecified atom stereocenters. The molecule has 0 amide bonds. The maximum atomic E-state index is 12.2. The van der Waals surface area contributed by atoms with Crippen LogP contribution in [-0.2, 0) is 20.9 Å². The third-order valence-electron chi connectivity index (χ3n) is 7.36. The number of carboxylic acid groups (broad SMARTS) is 1. The van der Waals surface area contributed by atoms with Crippen LogP contribution in [0.1, 0.15) is 55.2 Å². The lowest BCUT2D eigenvalue weighted by Crippen LogP contribution is -2.52. The molecule has 1 heterocycles. The van der Waals surface area contributed by atoms with E-state index in [2.05, 4.69) is 5.32 Å². The quantitative estimate of drug-likeness (QED) is 0.488. The van der Waals surface area contributed by atoms with Gasteiger partial charge in [-0.1, -0.05) is 18.9 Å². The van der Waals surface area contributed by atoms with Crippen LogP contribution in [0.4, 0.5) is 5.69 Å². The van der Waals surface area contributed by atoms with Crippen molar-refractivity contribution < 1.29 is 28.8 Å². The molecule has 2 aromatic carbocycles. The lowest BCUT2D eigenvalue weighted by molar-refractivity contribution is -0.146. The third kappa shape index (κ3) is 5.26. The smallest absolute Gasteiger partial charge is 0.331 e. The summed E-state index contributed by atoms with van der Waals surface area (Å²) in [5.74, 6) is 0.666. The molecule has 1 saturated carbocycles. The fourth-order valence-corrected chi connectivity index (χ4v) is 5.37. The molecule has 2 aromatic rings. The Bertz CT molecular complexity index is 1050. The second-order valence-corrected chi connectivity index (χ2v) is 9.67. The number of carbonyl (C=O) groups is 1. The molecule has 0 bridgehead atoms. The topological polar surface area (TPSA) is 86.3 Å². The molecule has 0 aromatic heterocycles. The number of anilines is 1. The summed E-state index contributed by atoms with van der Waals surface area (Å²) in [6, 6.07) is 8.03. The van der Waals surface area contributed by atoms with Crippen molar-refractivity contribution in [3.05, 3.63) is 41.0 Å². The molecule has 0 spiro atoms. The minimum absolute atomic E-state index is 0.142. The number of hydrogen-bond acceptors (Lipinski definition) is 6. The van der Waals surface area contributed by atoms with E-state index in [1.54, 1.807) is 14.2 Å². The third-order valence-corrected chi connectivity index (χ3v) is 7.36. The number of rotatable bonds is 9. The summed E-state index contributed by atoms with van der Waals surface area (Å²) in [4.78, 5) is 12.2. The van der Waals surface area contributed by atoms with Gasteiger partial charge in [0.2, 0.25) is 0 Å². The van der Waals surface area contributed by atoms with Crippen molar-refractivity contribution in [2.24, 2.45) is 0 Å². The Balaban J connectivity index is 1.75. The summed E-state index contributed by atoms with van der Waals surface area (Å²) < 4.78 is 23.2. The number of aliphatic carboxylic acids is 1. The number of benzene rings is 2. The fourth-order valence-electron chi connectivity index (χ4n) is 5.37. The average Bonchev–Trinajstić information content (AvgIpc) is 3.38. The van der Waals surface area contributed by atoms with Crippen molar-refractivity contribution in [2.45, 2.75) is 70.6 Å². The summed E-state index contributed by atoms with van der Waals surface area (Å²) in [7, 11) is 3.34. The molecule has 7 nitrogen and oxygen atoms in total. The molecule has 1 aliphatic carbocycles. The molecule has 35 heavy (non-hydrogen) atoms. The summed E-state index contributed by atoms with van der Waals surface area (Å²) in [6.45, 7) is 5.22. The molecule has 0 radical (unpaired) electrons. The zero-order valence-corrected chi connectivity index (χ0v) is 21.2. The zero-order valence-electron chi connectivity index (χ0n) is 21.2. The second-order valence-electron chi connectivity index (χ2n) is 9.67. The van der Waals surface area contributed by atoms with Crippen LogP contribution >= 0.6 is 0 Å². The normalized spacial score (nSPS) is 20.6. The van der Waals surface area contributed by atoms with E-state index in [0.29, 0.717) is 26.1 Å². The first-order valence-corrected chi connectivity index (χ1v) is 12.4. The zero-order chi connectivity index (χ0) is 25.0. The molecular formula is C28H37NO6.